The third kappa shape index (κ3) is 7.74. The topological polar surface area (TPSA) is 157 Å². The van der Waals surface area contributed by atoms with E-state index in [9.17, 15) is 19.2 Å². The lowest BCUT2D eigenvalue weighted by Gasteiger charge is -2.12. The molecule has 0 heterocycles. The minimum absolute atomic E-state index is 0.0625. The molecule has 114 valence electrons. The summed E-state index contributed by atoms with van der Waals surface area (Å²) < 4.78 is 0. The van der Waals surface area contributed by atoms with Crippen molar-refractivity contribution in [2.45, 2.75) is 25.9 Å². The van der Waals surface area contributed by atoms with Gasteiger partial charge < -0.3 is 31.5 Å². The highest BCUT2D eigenvalue weighted by Gasteiger charge is 2.14. The van der Waals surface area contributed by atoms with E-state index in [1.807, 2.05) is 0 Å². The van der Waals surface area contributed by atoms with E-state index in [1.54, 1.807) is 0 Å². The maximum atomic E-state index is 11.2. The van der Waals surface area contributed by atoms with E-state index in [1.165, 1.54) is 13.8 Å². The molecule has 0 spiro atoms. The molecule has 20 heavy (non-hydrogen) atoms. The fraction of sp³-hybridized carbons (Fsp3) is 0.600. The van der Waals surface area contributed by atoms with Crippen LogP contribution in [0.3, 0.4) is 0 Å². The van der Waals surface area contributed by atoms with Crippen LogP contribution in [0.15, 0.2) is 0 Å². The summed E-state index contributed by atoms with van der Waals surface area (Å²) in [5, 5.41) is 26.1. The molecule has 10 nitrogen and oxygen atoms in total. The van der Waals surface area contributed by atoms with Crippen LogP contribution in [0, 0.1) is 0 Å². The van der Waals surface area contributed by atoms with Gasteiger partial charge in [-0.15, -0.1) is 0 Å². The van der Waals surface area contributed by atoms with Gasteiger partial charge in [0.15, 0.2) is 0 Å². The molecule has 0 aliphatic carbocycles. The first-order chi connectivity index (χ1) is 9.23. The lowest BCUT2D eigenvalue weighted by atomic mass is 10.3. The first kappa shape index (κ1) is 17.5. The van der Waals surface area contributed by atoms with Crippen molar-refractivity contribution in [1.29, 1.82) is 0 Å². The van der Waals surface area contributed by atoms with Gasteiger partial charge in [-0.2, -0.15) is 0 Å². The second-order valence-electron chi connectivity index (χ2n) is 3.92. The average Bonchev–Trinajstić information content (AvgIpc) is 2.34. The summed E-state index contributed by atoms with van der Waals surface area (Å²) in [6.07, 6.45) is 0. The molecule has 0 fully saturated rings. The number of carboxylic acids is 2. The first-order valence-electron chi connectivity index (χ1n) is 5.78. The van der Waals surface area contributed by atoms with E-state index in [-0.39, 0.29) is 13.1 Å². The molecule has 10 heteroatoms. The number of hydrogen-bond donors (Lipinski definition) is 6. The number of aliphatic carboxylic acids is 2. The Labute approximate surface area is 114 Å². The van der Waals surface area contributed by atoms with Crippen molar-refractivity contribution in [3.8, 4) is 0 Å². The van der Waals surface area contributed by atoms with Crippen LogP contribution < -0.4 is 21.3 Å². The number of amides is 4. The van der Waals surface area contributed by atoms with Gasteiger partial charge in [-0.3, -0.25) is 9.59 Å². The Morgan fingerprint density at radius 2 is 1.10 bits per heavy atom. The molecule has 0 aromatic heterocycles. The van der Waals surface area contributed by atoms with Gasteiger partial charge in [0.25, 0.3) is 0 Å². The van der Waals surface area contributed by atoms with E-state index in [0.29, 0.717) is 0 Å². The smallest absolute Gasteiger partial charge is 0.325 e. The molecule has 0 radical (unpaired) electrons. The maximum Gasteiger partial charge on any atom is 0.325 e. The number of rotatable bonds is 7. The first-order valence-corrected chi connectivity index (χ1v) is 5.78. The number of hydrogen-bond acceptors (Lipinski definition) is 4. The van der Waals surface area contributed by atoms with Crippen LogP contribution in [0.5, 0.6) is 0 Å². The number of carbonyl (C=O) groups excluding carboxylic acids is 2. The van der Waals surface area contributed by atoms with Crippen LogP contribution in [0.2, 0.25) is 0 Å². The Hall–Kier alpha value is -2.52. The van der Waals surface area contributed by atoms with Gasteiger partial charge in [-0.05, 0) is 13.8 Å². The van der Waals surface area contributed by atoms with Crippen LogP contribution in [-0.4, -0.2) is 59.4 Å². The fourth-order valence-corrected chi connectivity index (χ4v) is 0.971. The zero-order valence-corrected chi connectivity index (χ0v) is 11.1. The quantitative estimate of drug-likeness (QED) is 0.314. The number of carbonyl (C=O) groups is 4. The minimum Gasteiger partial charge on any atom is -0.480 e. The summed E-state index contributed by atoms with van der Waals surface area (Å²) in [7, 11) is 0. The highest BCUT2D eigenvalue weighted by molar-refractivity contribution is 5.83. The van der Waals surface area contributed by atoms with E-state index in [4.69, 9.17) is 10.2 Å². The molecule has 0 saturated carbocycles. The summed E-state index contributed by atoms with van der Waals surface area (Å²) >= 11 is 0. The summed E-state index contributed by atoms with van der Waals surface area (Å²) in [4.78, 5) is 43.3. The zero-order valence-electron chi connectivity index (χ0n) is 11.1. The van der Waals surface area contributed by atoms with E-state index in [0.717, 1.165) is 0 Å². The number of carboxylic acid groups (broad SMARTS) is 2. The monoisotopic (exact) mass is 290 g/mol. The standard InChI is InChI=1S/C10H18N4O6/c1-5(7(15)16)13-9(19)11-3-4-12-10(20)14-6(2)8(17)18/h5-6H,3-4H2,1-2H3,(H,15,16)(H,17,18)(H2,11,13,19)(H2,12,14,20)/t5-,6+. The van der Waals surface area contributed by atoms with Gasteiger partial charge in [0.05, 0.1) is 0 Å². The van der Waals surface area contributed by atoms with Gasteiger partial charge in [0.2, 0.25) is 0 Å². The molecule has 0 unspecified atom stereocenters. The molecule has 0 rings (SSSR count). The minimum atomic E-state index is -1.17. The predicted octanol–water partition coefficient (Wildman–Crippen LogP) is -1.47. The third-order valence-corrected chi connectivity index (χ3v) is 2.13. The zero-order chi connectivity index (χ0) is 15.7. The normalized spacial score (nSPS) is 12.7. The maximum absolute atomic E-state index is 11.2. The van der Waals surface area contributed by atoms with E-state index >= 15 is 0 Å². The Morgan fingerprint density at radius 1 is 0.800 bits per heavy atom. The van der Waals surface area contributed by atoms with Gasteiger partial charge in [0, 0.05) is 13.1 Å². The highest BCUT2D eigenvalue weighted by Crippen LogP contribution is 1.81. The molecule has 0 aliphatic heterocycles. The molecule has 0 bridgehead atoms. The number of nitrogens with one attached hydrogen (secondary N) is 4. The summed E-state index contributed by atoms with van der Waals surface area (Å²) in [5.74, 6) is -2.33. The molecule has 6 N–H and O–H groups in total. The second-order valence-corrected chi connectivity index (χ2v) is 3.92. The van der Waals surface area contributed by atoms with Gasteiger partial charge >= 0.3 is 24.0 Å². The van der Waals surface area contributed by atoms with Crippen molar-refractivity contribution >= 4 is 24.0 Å². The van der Waals surface area contributed by atoms with Crippen molar-refractivity contribution in [2.75, 3.05) is 13.1 Å². The SMILES string of the molecule is C[C@H](NC(=O)NCCNC(=O)N[C@H](C)C(=O)O)C(=O)O. The van der Waals surface area contributed by atoms with E-state index in [2.05, 4.69) is 21.3 Å². The van der Waals surface area contributed by atoms with Crippen molar-refractivity contribution in [3.63, 3.8) is 0 Å². The molecule has 0 aromatic rings. The van der Waals surface area contributed by atoms with Crippen LogP contribution in [0.4, 0.5) is 9.59 Å². The van der Waals surface area contributed by atoms with Crippen molar-refractivity contribution in [2.24, 2.45) is 0 Å². The Balaban J connectivity index is 3.76. The Bertz CT molecular complexity index is 350. The van der Waals surface area contributed by atoms with Crippen LogP contribution in [-0.2, 0) is 9.59 Å². The Kier molecular flexibility index (Phi) is 7.48. The number of urea groups is 2. The molecule has 0 aromatic carbocycles. The van der Waals surface area contributed by atoms with Gasteiger partial charge in [-0.1, -0.05) is 0 Å². The molecule has 4 amide bonds. The predicted molar refractivity (Wildman–Crippen MR) is 67.3 cm³/mol. The van der Waals surface area contributed by atoms with E-state index < -0.39 is 36.1 Å². The van der Waals surface area contributed by atoms with Crippen molar-refractivity contribution in [3.05, 3.63) is 0 Å². The van der Waals surface area contributed by atoms with Gasteiger partial charge in [-0.25, -0.2) is 9.59 Å². The van der Waals surface area contributed by atoms with Crippen LogP contribution >= 0.6 is 0 Å². The summed E-state index contributed by atoms with van der Waals surface area (Å²) in [6.45, 7) is 2.74. The average molecular weight is 290 g/mol. The third-order valence-electron chi connectivity index (χ3n) is 2.13. The van der Waals surface area contributed by atoms with Crippen molar-refractivity contribution in [1.82, 2.24) is 21.3 Å². The molecule has 0 saturated heterocycles. The highest BCUT2D eigenvalue weighted by atomic mass is 16.4. The lowest BCUT2D eigenvalue weighted by molar-refractivity contribution is -0.139. The molecular weight excluding hydrogens is 272 g/mol. The van der Waals surface area contributed by atoms with Crippen molar-refractivity contribution < 1.29 is 29.4 Å². The molecule has 2 atom stereocenters. The largest absolute Gasteiger partial charge is 0.480 e. The Morgan fingerprint density at radius 3 is 1.35 bits per heavy atom. The summed E-state index contributed by atoms with van der Waals surface area (Å²) in [6, 6.07) is -3.41. The molecule has 0 aliphatic rings. The second kappa shape index (κ2) is 8.56. The molecular formula is C10H18N4O6. The van der Waals surface area contributed by atoms with Crippen LogP contribution in [0.1, 0.15) is 13.8 Å². The summed E-state index contributed by atoms with van der Waals surface area (Å²) in [5.41, 5.74) is 0. The van der Waals surface area contributed by atoms with Crippen LogP contribution in [0.25, 0.3) is 0 Å². The lowest BCUT2D eigenvalue weighted by Crippen LogP contribution is -2.48. The fourth-order valence-electron chi connectivity index (χ4n) is 0.971. The van der Waals surface area contributed by atoms with Gasteiger partial charge in [0.1, 0.15) is 12.1 Å².